The minimum atomic E-state index is -0.0791. The highest BCUT2D eigenvalue weighted by Crippen LogP contribution is 2.30. The van der Waals surface area contributed by atoms with E-state index in [2.05, 4.69) is 41.4 Å². The zero-order valence-electron chi connectivity index (χ0n) is 15.9. The molecule has 1 unspecified atom stereocenters. The van der Waals surface area contributed by atoms with Crippen LogP contribution in [0.3, 0.4) is 0 Å². The molecule has 0 saturated carbocycles. The number of aromatic nitrogens is 1. The Hall–Kier alpha value is -1.55. The lowest BCUT2D eigenvalue weighted by Crippen LogP contribution is -2.40. The first-order chi connectivity index (χ1) is 12.7. The maximum absolute atomic E-state index is 5.95. The number of halogens is 1. The molecule has 0 amide bonds. The van der Waals surface area contributed by atoms with Crippen LogP contribution in [-0.2, 0) is 6.42 Å². The van der Waals surface area contributed by atoms with Gasteiger partial charge in [-0.3, -0.25) is 0 Å². The summed E-state index contributed by atoms with van der Waals surface area (Å²) in [6, 6.07) is 7.73. The number of nitrogens with one attached hydrogen (secondary N) is 2. The van der Waals surface area contributed by atoms with Crippen molar-refractivity contribution in [2.45, 2.75) is 33.3 Å². The van der Waals surface area contributed by atoms with Gasteiger partial charge in [0.2, 0.25) is 0 Å². The van der Waals surface area contributed by atoms with Crippen LogP contribution in [0.2, 0.25) is 0 Å². The van der Waals surface area contributed by atoms with Crippen LogP contribution < -0.4 is 20.1 Å². The number of hydrogen-bond acceptors (Lipinski definition) is 5. The fourth-order valence-corrected chi connectivity index (χ4v) is 3.56. The molecule has 1 aliphatic heterocycles. The second-order valence-electron chi connectivity index (χ2n) is 6.14. The van der Waals surface area contributed by atoms with Gasteiger partial charge in [-0.2, -0.15) is 0 Å². The highest BCUT2D eigenvalue weighted by atomic mass is 127. The molecule has 1 aromatic heterocycles. The third kappa shape index (κ3) is 6.24. The molecule has 2 aromatic rings. The Kier molecular flexibility index (Phi) is 8.62. The molecule has 0 spiro atoms. The van der Waals surface area contributed by atoms with Crippen LogP contribution in [0.15, 0.2) is 29.3 Å². The van der Waals surface area contributed by atoms with Crippen LogP contribution in [0.1, 0.15) is 22.5 Å². The maximum atomic E-state index is 5.95. The van der Waals surface area contributed by atoms with Gasteiger partial charge >= 0.3 is 0 Å². The Morgan fingerprint density at radius 3 is 2.74 bits per heavy atom. The molecule has 2 heterocycles. The zero-order valence-corrected chi connectivity index (χ0v) is 19.1. The molecule has 148 valence electrons. The van der Waals surface area contributed by atoms with Gasteiger partial charge in [0.05, 0.1) is 17.2 Å². The van der Waals surface area contributed by atoms with E-state index < -0.39 is 0 Å². The quantitative estimate of drug-likeness (QED) is 0.361. The summed E-state index contributed by atoms with van der Waals surface area (Å²) >= 11 is 1.76. The van der Waals surface area contributed by atoms with E-state index in [0.717, 1.165) is 47.7 Å². The van der Waals surface area contributed by atoms with E-state index in [-0.39, 0.29) is 30.1 Å². The minimum absolute atomic E-state index is 0. The Labute approximate surface area is 181 Å². The first-order valence-corrected chi connectivity index (χ1v) is 9.81. The van der Waals surface area contributed by atoms with Crippen LogP contribution in [0.5, 0.6) is 11.5 Å². The van der Waals surface area contributed by atoms with E-state index in [1.807, 2.05) is 24.3 Å². The third-order valence-electron chi connectivity index (χ3n) is 4.07. The number of rotatable bonds is 6. The molecule has 0 aliphatic carbocycles. The second kappa shape index (κ2) is 10.7. The monoisotopic (exact) mass is 502 g/mol. The van der Waals surface area contributed by atoms with Crippen molar-refractivity contribution >= 4 is 41.3 Å². The van der Waals surface area contributed by atoms with Crippen molar-refractivity contribution in [3.05, 3.63) is 39.8 Å². The Morgan fingerprint density at radius 2 is 2.04 bits per heavy atom. The van der Waals surface area contributed by atoms with Gasteiger partial charge in [0, 0.05) is 24.4 Å². The number of para-hydroxylation sites is 2. The van der Waals surface area contributed by atoms with Crippen molar-refractivity contribution in [2.24, 2.45) is 4.99 Å². The Bertz CT molecular complexity index is 746. The molecule has 0 saturated heterocycles. The first-order valence-electron chi connectivity index (χ1n) is 8.99. The molecule has 8 heteroatoms. The largest absolute Gasteiger partial charge is 0.486 e. The smallest absolute Gasteiger partial charge is 0.191 e. The highest BCUT2D eigenvalue weighted by molar-refractivity contribution is 14.0. The summed E-state index contributed by atoms with van der Waals surface area (Å²) in [5.74, 6) is 2.37. The van der Waals surface area contributed by atoms with Crippen molar-refractivity contribution in [2.75, 3.05) is 26.2 Å². The SMILES string of the molecule is CCNC(=NCC1COc2ccccc2O1)NCCc1nc(C)c(C)s1.I. The van der Waals surface area contributed by atoms with E-state index in [9.17, 15) is 0 Å². The Balaban J connectivity index is 0.00000261. The number of ether oxygens (including phenoxy) is 2. The number of nitrogens with zero attached hydrogens (tertiary/aromatic N) is 2. The van der Waals surface area contributed by atoms with Crippen LogP contribution in [-0.4, -0.2) is 43.3 Å². The van der Waals surface area contributed by atoms with Crippen molar-refractivity contribution in [1.82, 2.24) is 15.6 Å². The lowest BCUT2D eigenvalue weighted by atomic mass is 10.2. The van der Waals surface area contributed by atoms with Crippen molar-refractivity contribution in [3.8, 4) is 11.5 Å². The maximum Gasteiger partial charge on any atom is 0.191 e. The standard InChI is InChI=1S/C19H26N4O2S.HI/c1-4-20-19(21-10-9-18-23-13(2)14(3)26-18)22-11-15-12-24-16-7-5-6-8-17(16)25-15;/h5-8,15H,4,9-12H2,1-3H3,(H2,20,21,22);1H. The molecule has 2 N–H and O–H groups in total. The normalized spacial score (nSPS) is 15.8. The molecule has 6 nitrogen and oxygen atoms in total. The molecule has 1 aromatic carbocycles. The molecule has 1 atom stereocenters. The average molecular weight is 502 g/mol. The van der Waals surface area contributed by atoms with E-state index in [0.29, 0.717) is 13.2 Å². The van der Waals surface area contributed by atoms with Crippen molar-refractivity contribution < 1.29 is 9.47 Å². The molecular formula is C19H27IN4O2S. The van der Waals surface area contributed by atoms with Gasteiger partial charge < -0.3 is 20.1 Å². The summed E-state index contributed by atoms with van der Waals surface area (Å²) in [6.07, 6.45) is 0.810. The average Bonchev–Trinajstić information content (AvgIpc) is 2.97. The number of aryl methyl sites for hydroxylation is 2. The molecule has 0 radical (unpaired) electrons. The molecule has 1 aliphatic rings. The van der Waals surface area contributed by atoms with Gasteiger partial charge in [0.1, 0.15) is 6.61 Å². The van der Waals surface area contributed by atoms with E-state index in [1.165, 1.54) is 4.88 Å². The van der Waals surface area contributed by atoms with Gasteiger partial charge in [0.15, 0.2) is 23.6 Å². The van der Waals surface area contributed by atoms with Crippen LogP contribution in [0.25, 0.3) is 0 Å². The van der Waals surface area contributed by atoms with Crippen LogP contribution in [0, 0.1) is 13.8 Å². The molecule has 0 bridgehead atoms. The third-order valence-corrected chi connectivity index (χ3v) is 5.20. The molecule has 27 heavy (non-hydrogen) atoms. The fraction of sp³-hybridized carbons (Fsp3) is 0.474. The van der Waals surface area contributed by atoms with Gasteiger partial charge in [-0.1, -0.05) is 12.1 Å². The molecule has 3 rings (SSSR count). The van der Waals surface area contributed by atoms with E-state index in [4.69, 9.17) is 9.47 Å². The Morgan fingerprint density at radius 1 is 1.26 bits per heavy atom. The second-order valence-corrected chi connectivity index (χ2v) is 7.43. The van der Waals surface area contributed by atoms with Gasteiger partial charge in [-0.15, -0.1) is 35.3 Å². The number of benzene rings is 1. The molecular weight excluding hydrogens is 475 g/mol. The van der Waals surface area contributed by atoms with Crippen LogP contribution in [0.4, 0.5) is 0 Å². The highest BCUT2D eigenvalue weighted by Gasteiger charge is 2.20. The van der Waals surface area contributed by atoms with Crippen molar-refractivity contribution in [1.29, 1.82) is 0 Å². The number of hydrogen-bond donors (Lipinski definition) is 2. The van der Waals surface area contributed by atoms with Crippen molar-refractivity contribution in [3.63, 3.8) is 0 Å². The number of aliphatic imine (C=N–C) groups is 1. The lowest BCUT2D eigenvalue weighted by molar-refractivity contribution is 0.0971. The van der Waals surface area contributed by atoms with Gasteiger partial charge in [-0.25, -0.2) is 9.98 Å². The van der Waals surface area contributed by atoms with Crippen LogP contribution >= 0.6 is 35.3 Å². The summed E-state index contributed by atoms with van der Waals surface area (Å²) in [4.78, 5) is 10.5. The topological polar surface area (TPSA) is 67.8 Å². The number of thiazole rings is 1. The zero-order chi connectivity index (χ0) is 18.4. The fourth-order valence-electron chi connectivity index (χ4n) is 2.62. The number of guanidine groups is 1. The summed E-state index contributed by atoms with van der Waals surface area (Å²) in [6.45, 7) is 8.88. The predicted molar refractivity (Wildman–Crippen MR) is 121 cm³/mol. The lowest BCUT2D eigenvalue weighted by Gasteiger charge is -2.25. The van der Waals surface area contributed by atoms with Gasteiger partial charge in [-0.05, 0) is 32.9 Å². The summed E-state index contributed by atoms with van der Waals surface area (Å²) in [5, 5.41) is 7.79. The van der Waals surface area contributed by atoms with E-state index in [1.54, 1.807) is 11.3 Å². The first kappa shape index (κ1) is 21.7. The van der Waals surface area contributed by atoms with Gasteiger partial charge in [0.25, 0.3) is 0 Å². The summed E-state index contributed by atoms with van der Waals surface area (Å²) < 4.78 is 11.7. The van der Waals surface area contributed by atoms with E-state index >= 15 is 0 Å². The summed E-state index contributed by atoms with van der Waals surface area (Å²) in [7, 11) is 0. The molecule has 0 fully saturated rings. The summed E-state index contributed by atoms with van der Waals surface area (Å²) in [5.41, 5.74) is 1.13. The predicted octanol–water partition coefficient (Wildman–Crippen LogP) is 3.32. The minimum Gasteiger partial charge on any atom is -0.486 e. The number of fused-ring (bicyclic) bond motifs is 1.